The Morgan fingerprint density at radius 3 is 2.83 bits per heavy atom. The maximum absolute atomic E-state index is 13.1. The van der Waals surface area contributed by atoms with Gasteiger partial charge < -0.3 is 36.8 Å². The Labute approximate surface area is 237 Å². The number of rotatable bonds is 9. The van der Waals surface area contributed by atoms with E-state index in [4.69, 9.17) is 16.3 Å². The molecule has 2 aliphatic heterocycles. The van der Waals surface area contributed by atoms with Crippen molar-refractivity contribution < 1.29 is 33.5 Å². The van der Waals surface area contributed by atoms with E-state index >= 15 is 0 Å². The first-order valence-corrected chi connectivity index (χ1v) is 14.2. The summed E-state index contributed by atoms with van der Waals surface area (Å²) >= 11 is 3.61. The first kappa shape index (κ1) is 27.3. The van der Waals surface area contributed by atoms with Gasteiger partial charge in [0.1, 0.15) is 43.5 Å². The van der Waals surface area contributed by atoms with Crippen LogP contribution in [-0.2, 0) is 25.8 Å². The first-order valence-electron chi connectivity index (χ1n) is 11.5. The molecule has 3 atom stereocenters. The smallest absolute Gasteiger partial charge is 0.312 e. The van der Waals surface area contributed by atoms with Crippen LogP contribution in [0.15, 0.2) is 34.2 Å². The molecule has 210 valence electrons. The summed E-state index contributed by atoms with van der Waals surface area (Å²) in [6.45, 7) is 1.86. The molecule has 0 radical (unpaired) electrons. The first-order chi connectivity index (χ1) is 19.1. The van der Waals surface area contributed by atoms with E-state index in [1.54, 1.807) is 11.5 Å². The predicted octanol–water partition coefficient (Wildman–Crippen LogP) is -2.09. The van der Waals surface area contributed by atoms with Gasteiger partial charge in [-0.1, -0.05) is 16.5 Å². The third kappa shape index (κ3) is 4.82. The van der Waals surface area contributed by atoms with Crippen LogP contribution >= 0.6 is 34.6 Å². The summed E-state index contributed by atoms with van der Waals surface area (Å²) in [5.41, 5.74) is 10.8. The summed E-state index contributed by atoms with van der Waals surface area (Å²) in [6.07, 6.45) is 3.65. The number of amides is 4. The van der Waals surface area contributed by atoms with Crippen molar-refractivity contribution in [3.8, 4) is 0 Å². The van der Waals surface area contributed by atoms with Crippen LogP contribution in [0.25, 0.3) is 4.83 Å². The van der Waals surface area contributed by atoms with Gasteiger partial charge in [-0.2, -0.15) is 13.8 Å². The third-order valence-electron chi connectivity index (χ3n) is 6.13. The van der Waals surface area contributed by atoms with Gasteiger partial charge >= 0.3 is 6.03 Å². The number of fused-ring (bicyclic) bond motifs is 2. The number of nitrogens with two attached hydrogens (primary N) is 2. The summed E-state index contributed by atoms with van der Waals surface area (Å²) in [6, 6.07) is -2.24. The number of nitrogen functional groups attached to an aromatic ring is 1. The summed E-state index contributed by atoms with van der Waals surface area (Å²) in [5, 5.41) is 22.4. The lowest BCUT2D eigenvalue weighted by Crippen LogP contribution is -2.71. The van der Waals surface area contributed by atoms with E-state index in [0.29, 0.717) is 11.4 Å². The van der Waals surface area contributed by atoms with E-state index in [9.17, 15) is 24.3 Å². The molecule has 4 amide bonds. The molecule has 5 rings (SSSR count). The Morgan fingerprint density at radius 2 is 2.17 bits per heavy atom. The molecule has 1 fully saturated rings. The molecule has 5 heterocycles. The molecule has 6 N–H and O–H groups in total. The van der Waals surface area contributed by atoms with Gasteiger partial charge in [-0.15, -0.1) is 11.8 Å². The average molecular weight is 607 g/mol. The van der Waals surface area contributed by atoms with E-state index in [1.165, 1.54) is 30.2 Å². The maximum atomic E-state index is 13.1. The Hall–Kier alpha value is -4.23. The normalized spacial score (nSPS) is 19.7. The molecule has 0 aromatic carbocycles. The Bertz CT molecular complexity index is 1590. The van der Waals surface area contributed by atoms with Crippen molar-refractivity contribution in [2.75, 3.05) is 18.6 Å². The van der Waals surface area contributed by atoms with E-state index in [1.807, 2.05) is 22.2 Å². The monoisotopic (exact) mass is 606 g/mol. The number of carboxylic acid groups (broad SMARTS) is 1. The number of urea groups is 1. The van der Waals surface area contributed by atoms with Crippen LogP contribution in [0.4, 0.5) is 9.93 Å². The van der Waals surface area contributed by atoms with E-state index in [-0.39, 0.29) is 34.7 Å². The lowest BCUT2D eigenvalue weighted by atomic mass is 10.0. The molecule has 0 unspecified atom stereocenters. The van der Waals surface area contributed by atoms with Crippen LogP contribution in [0.5, 0.6) is 0 Å². The molecule has 16 nitrogen and oxygen atoms in total. The molecule has 0 spiro atoms. The topological polar surface area (TPSA) is 227 Å². The van der Waals surface area contributed by atoms with Crippen molar-refractivity contribution in [1.29, 1.82) is 0 Å². The maximum Gasteiger partial charge on any atom is 0.312 e. The number of aliphatic carboxylic acids is 1. The fourth-order valence-electron chi connectivity index (χ4n) is 4.59. The van der Waals surface area contributed by atoms with Crippen molar-refractivity contribution in [2.45, 2.75) is 30.9 Å². The number of hydrogen-bond acceptors (Lipinski definition) is 13. The lowest BCUT2D eigenvalue weighted by Gasteiger charge is -2.50. The highest BCUT2D eigenvalue weighted by Crippen LogP contribution is 2.40. The minimum atomic E-state index is -1.52. The van der Waals surface area contributed by atoms with Gasteiger partial charge in [-0.3, -0.25) is 14.5 Å². The van der Waals surface area contributed by atoms with Crippen molar-refractivity contribution in [3.05, 3.63) is 40.7 Å². The highest BCUT2D eigenvalue weighted by atomic mass is 32.2. The number of carbonyl (C=O) groups excluding carboxylic acids is 4. The number of primary amides is 1. The molecule has 3 aromatic heterocycles. The summed E-state index contributed by atoms with van der Waals surface area (Å²) in [5.74, 6) is -2.10. The zero-order valence-electron chi connectivity index (χ0n) is 20.9. The number of anilines is 1. The van der Waals surface area contributed by atoms with Crippen LogP contribution < -0.4 is 31.6 Å². The van der Waals surface area contributed by atoms with Crippen molar-refractivity contribution >= 4 is 74.1 Å². The quantitative estimate of drug-likeness (QED) is 0.0898. The molecular weight excluding hydrogens is 584 g/mol. The van der Waals surface area contributed by atoms with E-state index in [0.717, 1.165) is 21.3 Å². The predicted molar refractivity (Wildman–Crippen MR) is 142 cm³/mol. The number of aromatic nitrogens is 4. The molecule has 40 heavy (non-hydrogen) atoms. The van der Waals surface area contributed by atoms with Gasteiger partial charge in [0.25, 0.3) is 17.6 Å². The molecule has 2 aliphatic rings. The molecule has 1 saturated heterocycles. The Balaban J connectivity index is 1.40. The third-order valence-corrected chi connectivity index (χ3v) is 8.81. The average Bonchev–Trinajstić information content (AvgIpc) is 3.60. The number of carbonyl (C=O) groups is 4. The summed E-state index contributed by atoms with van der Waals surface area (Å²) in [4.78, 5) is 60.5. The standard InChI is InChI=1S/C21H22N10O6S3/c1-8(24-20(22)36)16-29(6-10-30(16)3-4-38-10)5-9-7-39-18-12(17(33)31(18)13(9)19(34)35)25-15(32)11(27-37-2)14-26-21(23)40-28-14/h3-4,6,8,12,18H,5,7H2,1-2H3,(H6-,22,23,24,25,26,28,32,34,35,36)/b27-11-/t8-,12-,18-/m1/s1. The van der Waals surface area contributed by atoms with Gasteiger partial charge in [0.05, 0.1) is 11.7 Å². The number of carboxylic acids is 1. The zero-order valence-corrected chi connectivity index (χ0v) is 23.3. The SMILES string of the molecule is CO/N=C(\C(=O)N[C@@H]1C(=O)N2C(C(=O)[O-])=C(Cn3cc4scc[n+]4c3[C@@H](C)NC(N)=O)CS[C@H]12)c1nsc(N)n1. The number of imidazole rings is 1. The van der Waals surface area contributed by atoms with Gasteiger partial charge in [-0.05, 0) is 6.92 Å². The number of oxime groups is 1. The van der Waals surface area contributed by atoms with Crippen LogP contribution in [0, 0.1) is 0 Å². The van der Waals surface area contributed by atoms with Gasteiger partial charge in [0.15, 0.2) is 5.13 Å². The number of nitrogens with zero attached hydrogens (tertiary/aromatic N) is 6. The molecule has 0 aliphatic carbocycles. The van der Waals surface area contributed by atoms with Crippen molar-refractivity contribution in [3.63, 3.8) is 0 Å². The second-order valence-electron chi connectivity index (χ2n) is 8.64. The molecule has 0 saturated carbocycles. The largest absolute Gasteiger partial charge is 0.543 e. The molecular formula is C21H22N10O6S3. The van der Waals surface area contributed by atoms with E-state index < -0.39 is 41.3 Å². The number of thiazole rings is 1. The minimum absolute atomic E-state index is 0.0697. The highest BCUT2D eigenvalue weighted by molar-refractivity contribution is 8.00. The second-order valence-corrected chi connectivity index (χ2v) is 11.5. The van der Waals surface area contributed by atoms with Crippen LogP contribution in [0.1, 0.15) is 24.6 Å². The fraction of sp³-hybridized carbons (Fsp3) is 0.333. The van der Waals surface area contributed by atoms with Gasteiger partial charge in [0.2, 0.25) is 16.4 Å². The number of nitrogens with one attached hydrogen (secondary N) is 2. The van der Waals surface area contributed by atoms with E-state index in [2.05, 4.69) is 25.1 Å². The van der Waals surface area contributed by atoms with Gasteiger partial charge in [-0.25, -0.2) is 9.36 Å². The molecule has 0 bridgehead atoms. The second kappa shape index (κ2) is 10.7. The Morgan fingerprint density at radius 1 is 1.40 bits per heavy atom. The molecule has 19 heteroatoms. The number of hydrogen-bond donors (Lipinski definition) is 4. The van der Waals surface area contributed by atoms with Crippen molar-refractivity contribution in [1.82, 2.24) is 29.5 Å². The fourth-order valence-corrected chi connectivity index (χ4v) is 7.14. The zero-order chi connectivity index (χ0) is 28.7. The number of β-lactam (4-membered cyclic amide) rings is 1. The van der Waals surface area contributed by atoms with Crippen molar-refractivity contribution in [2.24, 2.45) is 10.9 Å². The Kier molecular flexibility index (Phi) is 7.34. The van der Waals surface area contributed by atoms with Gasteiger partial charge in [0, 0.05) is 28.2 Å². The van der Waals surface area contributed by atoms with Crippen LogP contribution in [0.2, 0.25) is 0 Å². The summed E-state index contributed by atoms with van der Waals surface area (Å²) in [7, 11) is 1.23. The van der Waals surface area contributed by atoms with Crippen LogP contribution in [0.3, 0.4) is 0 Å². The van der Waals surface area contributed by atoms with Crippen LogP contribution in [-0.4, -0.2) is 72.6 Å². The lowest BCUT2D eigenvalue weighted by molar-refractivity contribution is -0.520. The molecule has 3 aromatic rings. The minimum Gasteiger partial charge on any atom is -0.543 e. The highest BCUT2D eigenvalue weighted by Gasteiger charge is 2.53. The summed E-state index contributed by atoms with van der Waals surface area (Å²) < 4.78 is 7.62. The number of thioether (sulfide) groups is 1.